The summed E-state index contributed by atoms with van der Waals surface area (Å²) in [6.07, 6.45) is 1.36. The predicted octanol–water partition coefficient (Wildman–Crippen LogP) is 3.63. The molecule has 3 rings (SSSR count). The number of hydrogen-bond donors (Lipinski definition) is 1. The standard InChI is InChI=1S/C20H17ClN2O4/c1-11-4-6-15(8-12(11)2)23-19(25)16(18(24)22-20(23)26)10-13-9-14(21)5-7-17(13)27-3/h4-10H,1-3H3,(H,22,24,26)/b16-10+. The van der Waals surface area contributed by atoms with Gasteiger partial charge in [-0.05, 0) is 61.4 Å². The summed E-state index contributed by atoms with van der Waals surface area (Å²) in [5, 5.41) is 2.62. The van der Waals surface area contributed by atoms with Gasteiger partial charge in [-0.1, -0.05) is 17.7 Å². The number of anilines is 1. The van der Waals surface area contributed by atoms with Crippen LogP contribution in [0.1, 0.15) is 16.7 Å². The molecule has 1 aliphatic heterocycles. The Morgan fingerprint density at radius 2 is 1.78 bits per heavy atom. The summed E-state index contributed by atoms with van der Waals surface area (Å²) in [5.74, 6) is -1.04. The van der Waals surface area contributed by atoms with Crippen molar-refractivity contribution in [3.8, 4) is 5.75 Å². The summed E-state index contributed by atoms with van der Waals surface area (Å²) < 4.78 is 5.25. The van der Waals surface area contributed by atoms with E-state index in [1.54, 1.807) is 30.3 Å². The monoisotopic (exact) mass is 384 g/mol. The molecule has 0 aliphatic carbocycles. The molecule has 0 bridgehead atoms. The van der Waals surface area contributed by atoms with Crippen LogP contribution in [-0.4, -0.2) is 25.0 Å². The highest BCUT2D eigenvalue weighted by atomic mass is 35.5. The molecule has 0 unspecified atom stereocenters. The molecule has 1 aliphatic rings. The lowest BCUT2D eigenvalue weighted by atomic mass is 10.0. The van der Waals surface area contributed by atoms with E-state index < -0.39 is 17.8 Å². The number of rotatable bonds is 3. The highest BCUT2D eigenvalue weighted by Crippen LogP contribution is 2.28. The number of carbonyl (C=O) groups is 3. The number of nitrogens with one attached hydrogen (secondary N) is 1. The molecule has 27 heavy (non-hydrogen) atoms. The molecule has 0 spiro atoms. The zero-order valence-electron chi connectivity index (χ0n) is 15.0. The quantitative estimate of drug-likeness (QED) is 0.647. The van der Waals surface area contributed by atoms with Crippen molar-refractivity contribution in [1.29, 1.82) is 0 Å². The second-order valence-corrected chi connectivity index (χ2v) is 6.55. The van der Waals surface area contributed by atoms with Crippen LogP contribution in [0.4, 0.5) is 10.5 Å². The molecule has 0 radical (unpaired) electrons. The third kappa shape index (κ3) is 3.57. The number of imide groups is 2. The first kappa shape index (κ1) is 18.7. The number of hydrogen-bond acceptors (Lipinski definition) is 4. The molecule has 0 saturated carbocycles. The molecule has 6 nitrogen and oxygen atoms in total. The minimum atomic E-state index is -0.788. The number of benzene rings is 2. The van der Waals surface area contributed by atoms with Gasteiger partial charge in [-0.25, -0.2) is 9.69 Å². The maximum atomic E-state index is 12.9. The van der Waals surface area contributed by atoms with Gasteiger partial charge in [0.15, 0.2) is 0 Å². The molecular formula is C20H17ClN2O4. The first-order chi connectivity index (χ1) is 12.8. The second kappa shape index (κ2) is 7.25. The molecule has 1 heterocycles. The molecule has 138 valence electrons. The summed E-state index contributed by atoms with van der Waals surface area (Å²) in [6.45, 7) is 3.81. The summed E-state index contributed by atoms with van der Waals surface area (Å²) in [6, 6.07) is 9.24. The number of barbiturate groups is 1. The zero-order valence-corrected chi connectivity index (χ0v) is 15.8. The average molecular weight is 385 g/mol. The number of aryl methyl sites for hydroxylation is 2. The normalized spacial score (nSPS) is 15.9. The van der Waals surface area contributed by atoms with Gasteiger partial charge in [-0.15, -0.1) is 0 Å². The van der Waals surface area contributed by atoms with E-state index >= 15 is 0 Å². The van der Waals surface area contributed by atoms with E-state index in [2.05, 4.69) is 5.32 Å². The van der Waals surface area contributed by atoms with Gasteiger partial charge in [0, 0.05) is 10.6 Å². The molecule has 1 fully saturated rings. The Hall–Kier alpha value is -3.12. The Morgan fingerprint density at radius 3 is 2.44 bits per heavy atom. The van der Waals surface area contributed by atoms with Crippen LogP contribution in [0.5, 0.6) is 5.75 Å². The second-order valence-electron chi connectivity index (χ2n) is 6.11. The molecule has 7 heteroatoms. The van der Waals surface area contributed by atoms with Crippen LogP contribution in [0, 0.1) is 13.8 Å². The molecule has 2 aromatic rings. The van der Waals surface area contributed by atoms with Crippen molar-refractivity contribution in [2.45, 2.75) is 13.8 Å². The van der Waals surface area contributed by atoms with Crippen molar-refractivity contribution >= 4 is 41.2 Å². The molecule has 4 amide bonds. The van der Waals surface area contributed by atoms with E-state index in [1.165, 1.54) is 13.2 Å². The molecule has 2 aromatic carbocycles. The zero-order chi connectivity index (χ0) is 19.7. The summed E-state index contributed by atoms with van der Waals surface area (Å²) >= 11 is 6.01. The molecule has 0 aromatic heterocycles. The van der Waals surface area contributed by atoms with Gasteiger partial charge in [0.25, 0.3) is 11.8 Å². The van der Waals surface area contributed by atoms with Crippen molar-refractivity contribution in [3.63, 3.8) is 0 Å². The van der Waals surface area contributed by atoms with Crippen molar-refractivity contribution in [2.24, 2.45) is 0 Å². The minimum Gasteiger partial charge on any atom is -0.496 e. The van der Waals surface area contributed by atoms with Gasteiger partial charge in [0.05, 0.1) is 12.8 Å². The number of nitrogens with zero attached hydrogens (tertiary/aromatic N) is 1. The Balaban J connectivity index is 2.07. The fourth-order valence-electron chi connectivity index (χ4n) is 2.73. The molecule has 0 atom stereocenters. The third-order valence-corrected chi connectivity index (χ3v) is 4.58. The first-order valence-corrected chi connectivity index (χ1v) is 8.52. The fraction of sp³-hybridized carbons (Fsp3) is 0.150. The maximum absolute atomic E-state index is 12.9. The number of urea groups is 1. The van der Waals surface area contributed by atoms with Crippen molar-refractivity contribution in [1.82, 2.24) is 5.32 Å². The number of carbonyl (C=O) groups excluding carboxylic acids is 3. The van der Waals surface area contributed by atoms with Gasteiger partial charge in [0.2, 0.25) is 0 Å². The number of ether oxygens (including phenoxy) is 1. The van der Waals surface area contributed by atoms with Gasteiger partial charge >= 0.3 is 6.03 Å². The van der Waals surface area contributed by atoms with Gasteiger partial charge < -0.3 is 4.74 Å². The largest absolute Gasteiger partial charge is 0.496 e. The number of halogens is 1. The highest BCUT2D eigenvalue weighted by molar-refractivity contribution is 6.39. The smallest absolute Gasteiger partial charge is 0.335 e. The Labute approximate surface area is 161 Å². The first-order valence-electron chi connectivity index (χ1n) is 8.14. The lowest BCUT2D eigenvalue weighted by molar-refractivity contribution is -0.122. The van der Waals surface area contributed by atoms with E-state index in [0.29, 0.717) is 22.0 Å². The number of methoxy groups -OCH3 is 1. The van der Waals surface area contributed by atoms with Crippen molar-refractivity contribution < 1.29 is 19.1 Å². The van der Waals surface area contributed by atoms with E-state index in [4.69, 9.17) is 16.3 Å². The molecule has 1 saturated heterocycles. The van der Waals surface area contributed by atoms with Gasteiger partial charge in [-0.3, -0.25) is 14.9 Å². The lowest BCUT2D eigenvalue weighted by Crippen LogP contribution is -2.54. The van der Waals surface area contributed by atoms with Gasteiger partial charge in [-0.2, -0.15) is 0 Å². The van der Waals surface area contributed by atoms with Crippen LogP contribution in [0.15, 0.2) is 42.0 Å². The highest BCUT2D eigenvalue weighted by Gasteiger charge is 2.37. The van der Waals surface area contributed by atoms with Crippen LogP contribution < -0.4 is 15.0 Å². The predicted molar refractivity (Wildman–Crippen MR) is 103 cm³/mol. The SMILES string of the molecule is COc1ccc(Cl)cc1/C=C1\C(=O)NC(=O)N(c2ccc(C)c(C)c2)C1=O. The van der Waals surface area contributed by atoms with E-state index in [9.17, 15) is 14.4 Å². The molecule has 1 N–H and O–H groups in total. The van der Waals surface area contributed by atoms with Gasteiger partial charge in [0.1, 0.15) is 11.3 Å². The third-order valence-electron chi connectivity index (χ3n) is 4.34. The van der Waals surface area contributed by atoms with Crippen molar-refractivity contribution in [3.05, 3.63) is 63.7 Å². The van der Waals surface area contributed by atoms with E-state index in [0.717, 1.165) is 16.0 Å². The molecular weight excluding hydrogens is 368 g/mol. The average Bonchev–Trinajstić information content (AvgIpc) is 2.61. The van der Waals surface area contributed by atoms with Crippen LogP contribution in [0.2, 0.25) is 5.02 Å². The lowest BCUT2D eigenvalue weighted by Gasteiger charge is -2.27. The summed E-state index contributed by atoms with van der Waals surface area (Å²) in [5.41, 5.74) is 2.61. The van der Waals surface area contributed by atoms with E-state index in [-0.39, 0.29) is 5.57 Å². The maximum Gasteiger partial charge on any atom is 0.335 e. The van der Waals surface area contributed by atoms with Crippen LogP contribution in [0.25, 0.3) is 6.08 Å². The van der Waals surface area contributed by atoms with Crippen LogP contribution in [0.3, 0.4) is 0 Å². The van der Waals surface area contributed by atoms with E-state index in [1.807, 2.05) is 19.9 Å². The van der Waals surface area contributed by atoms with Crippen LogP contribution in [-0.2, 0) is 9.59 Å². The fourth-order valence-corrected chi connectivity index (χ4v) is 2.91. The Kier molecular flexibility index (Phi) is 5.01. The van der Waals surface area contributed by atoms with Crippen LogP contribution >= 0.6 is 11.6 Å². The Bertz CT molecular complexity index is 997. The summed E-state index contributed by atoms with van der Waals surface area (Å²) in [7, 11) is 1.47. The topological polar surface area (TPSA) is 75.7 Å². The van der Waals surface area contributed by atoms with Crippen molar-refractivity contribution in [2.75, 3.05) is 12.0 Å². The minimum absolute atomic E-state index is 0.187. The summed E-state index contributed by atoms with van der Waals surface area (Å²) in [4.78, 5) is 38.4. The Morgan fingerprint density at radius 1 is 1.04 bits per heavy atom. The number of amides is 4.